The van der Waals surface area contributed by atoms with Gasteiger partial charge < -0.3 is 20.5 Å². The van der Waals surface area contributed by atoms with Crippen LogP contribution < -0.4 is 10.6 Å². The molecule has 0 aromatic rings. The third-order valence-electron chi connectivity index (χ3n) is 5.93. The first kappa shape index (κ1) is 18.1. The lowest BCUT2D eigenvalue weighted by Gasteiger charge is -2.28. The van der Waals surface area contributed by atoms with Gasteiger partial charge >= 0.3 is 12.1 Å². The number of rotatable bonds is 6. The molecule has 3 aliphatic rings. The molecule has 0 saturated heterocycles. The van der Waals surface area contributed by atoms with Crippen LogP contribution in [-0.2, 0) is 9.53 Å². The van der Waals surface area contributed by atoms with E-state index < -0.39 is 18.1 Å². The summed E-state index contributed by atoms with van der Waals surface area (Å²) < 4.78 is 5.28. The molecule has 3 N–H and O–H groups in total. The van der Waals surface area contributed by atoms with E-state index in [1.165, 1.54) is 32.1 Å². The van der Waals surface area contributed by atoms with E-state index in [0.29, 0.717) is 30.9 Å². The minimum atomic E-state index is -1.00. The first-order chi connectivity index (χ1) is 12.1. The Kier molecular flexibility index (Phi) is 6.21. The van der Waals surface area contributed by atoms with Crippen molar-refractivity contribution in [3.8, 4) is 0 Å². The van der Waals surface area contributed by atoms with Crippen LogP contribution in [0.3, 0.4) is 0 Å². The second kappa shape index (κ2) is 8.59. The molecule has 0 aromatic carbocycles. The van der Waals surface area contributed by atoms with Crippen LogP contribution in [0.2, 0.25) is 0 Å². The summed E-state index contributed by atoms with van der Waals surface area (Å²) in [4.78, 5) is 23.6. The molecule has 1 amide bonds. The summed E-state index contributed by atoms with van der Waals surface area (Å²) in [6, 6.07) is -0.482. The van der Waals surface area contributed by atoms with Gasteiger partial charge in [0.2, 0.25) is 0 Å². The number of hydrogen-bond donors (Lipinski definition) is 3. The van der Waals surface area contributed by atoms with Crippen LogP contribution in [0.4, 0.5) is 4.79 Å². The summed E-state index contributed by atoms with van der Waals surface area (Å²) in [7, 11) is 0. The van der Waals surface area contributed by atoms with Crippen molar-refractivity contribution >= 4 is 12.1 Å². The van der Waals surface area contributed by atoms with Gasteiger partial charge in [-0.05, 0) is 43.4 Å². The van der Waals surface area contributed by atoms with Gasteiger partial charge in [0.05, 0.1) is 6.61 Å². The van der Waals surface area contributed by atoms with Gasteiger partial charge in [0.25, 0.3) is 0 Å². The molecule has 2 saturated carbocycles. The van der Waals surface area contributed by atoms with Crippen LogP contribution in [-0.4, -0.2) is 35.9 Å². The van der Waals surface area contributed by atoms with Gasteiger partial charge in [-0.25, -0.2) is 9.59 Å². The van der Waals surface area contributed by atoms with Gasteiger partial charge in [-0.1, -0.05) is 32.1 Å². The standard InChI is InChI=1S/C19H30N2O4/c22-18(23)17(10-14-11-20-16-9-5-4-8-15(14)16)21-19(24)25-12-13-6-2-1-3-7-13/h11,13,15-17,20H,1-10,12H2,(H,21,24)(H,22,23). The highest BCUT2D eigenvalue weighted by atomic mass is 16.5. The van der Waals surface area contributed by atoms with Gasteiger partial charge in [-0.2, -0.15) is 0 Å². The van der Waals surface area contributed by atoms with Crippen molar-refractivity contribution in [2.45, 2.75) is 76.3 Å². The molecule has 1 aliphatic heterocycles. The Morgan fingerprint density at radius 2 is 1.88 bits per heavy atom. The zero-order chi connectivity index (χ0) is 17.6. The summed E-state index contributed by atoms with van der Waals surface area (Å²) in [6.45, 7) is 0.396. The summed E-state index contributed by atoms with van der Waals surface area (Å²) in [5.41, 5.74) is 1.12. The number of fused-ring (bicyclic) bond motifs is 1. The number of nitrogens with one attached hydrogen (secondary N) is 2. The highest BCUT2D eigenvalue weighted by molar-refractivity contribution is 5.80. The maximum atomic E-state index is 12.0. The van der Waals surface area contributed by atoms with Crippen molar-refractivity contribution in [3.63, 3.8) is 0 Å². The van der Waals surface area contributed by atoms with Gasteiger partial charge in [-0.15, -0.1) is 0 Å². The van der Waals surface area contributed by atoms with Crippen molar-refractivity contribution < 1.29 is 19.4 Å². The van der Waals surface area contributed by atoms with Crippen LogP contribution in [0, 0.1) is 11.8 Å². The molecule has 6 nitrogen and oxygen atoms in total. The Labute approximate surface area is 149 Å². The van der Waals surface area contributed by atoms with Crippen molar-refractivity contribution in [2.75, 3.05) is 6.61 Å². The van der Waals surface area contributed by atoms with Crippen molar-refractivity contribution in [3.05, 3.63) is 11.8 Å². The minimum absolute atomic E-state index is 0.349. The van der Waals surface area contributed by atoms with Gasteiger partial charge in [0.15, 0.2) is 0 Å². The minimum Gasteiger partial charge on any atom is -0.480 e. The normalized spacial score (nSPS) is 27.6. The summed E-state index contributed by atoms with van der Waals surface area (Å²) in [5, 5.41) is 15.4. The predicted octanol–water partition coefficient (Wildman–Crippen LogP) is 3.18. The van der Waals surface area contributed by atoms with Gasteiger partial charge in [-0.3, -0.25) is 0 Å². The molecular formula is C19H30N2O4. The summed E-state index contributed by atoms with van der Waals surface area (Å²) in [5.74, 6) is -0.169. The molecule has 1 heterocycles. The number of aliphatic carboxylic acids is 1. The molecule has 2 aliphatic carbocycles. The van der Waals surface area contributed by atoms with Crippen LogP contribution in [0.5, 0.6) is 0 Å². The SMILES string of the molecule is O=C(NC(CC1=CNC2CCCCC12)C(=O)O)OCC1CCCCC1. The van der Waals surface area contributed by atoms with Crippen LogP contribution in [0.1, 0.15) is 64.2 Å². The molecule has 25 heavy (non-hydrogen) atoms. The average molecular weight is 350 g/mol. The molecule has 2 fully saturated rings. The van der Waals surface area contributed by atoms with E-state index >= 15 is 0 Å². The number of carbonyl (C=O) groups is 2. The molecule has 0 spiro atoms. The fourth-order valence-corrected chi connectivity index (χ4v) is 4.47. The molecule has 3 atom stereocenters. The van der Waals surface area contributed by atoms with Crippen LogP contribution in [0.15, 0.2) is 11.8 Å². The second-order valence-electron chi connectivity index (χ2n) is 7.73. The largest absolute Gasteiger partial charge is 0.480 e. The van der Waals surface area contributed by atoms with E-state index in [0.717, 1.165) is 31.3 Å². The molecule has 0 radical (unpaired) electrons. The fraction of sp³-hybridized carbons (Fsp3) is 0.789. The van der Waals surface area contributed by atoms with E-state index in [2.05, 4.69) is 10.6 Å². The van der Waals surface area contributed by atoms with Crippen molar-refractivity contribution in [2.24, 2.45) is 11.8 Å². The first-order valence-corrected chi connectivity index (χ1v) is 9.74. The Balaban J connectivity index is 1.47. The van der Waals surface area contributed by atoms with E-state index in [-0.39, 0.29) is 0 Å². The Morgan fingerprint density at radius 3 is 2.64 bits per heavy atom. The molecular weight excluding hydrogens is 320 g/mol. The number of hydrogen-bond acceptors (Lipinski definition) is 4. The summed E-state index contributed by atoms with van der Waals surface area (Å²) in [6.07, 6.45) is 12.2. The Bertz CT molecular complexity index is 514. The molecule has 3 rings (SSSR count). The lowest BCUT2D eigenvalue weighted by Crippen LogP contribution is -2.42. The molecule has 140 valence electrons. The van der Waals surface area contributed by atoms with E-state index in [1.807, 2.05) is 6.20 Å². The highest BCUT2D eigenvalue weighted by Gasteiger charge is 2.34. The number of carboxylic acids is 1. The average Bonchev–Trinajstić information content (AvgIpc) is 3.03. The van der Waals surface area contributed by atoms with E-state index in [1.54, 1.807) is 0 Å². The maximum absolute atomic E-state index is 12.0. The Morgan fingerprint density at radius 1 is 1.16 bits per heavy atom. The molecule has 6 heteroatoms. The van der Waals surface area contributed by atoms with Gasteiger partial charge in [0, 0.05) is 18.4 Å². The summed E-state index contributed by atoms with van der Waals surface area (Å²) >= 11 is 0. The monoisotopic (exact) mass is 350 g/mol. The lowest BCUT2D eigenvalue weighted by atomic mass is 9.80. The molecule has 0 bridgehead atoms. The highest BCUT2D eigenvalue weighted by Crippen LogP contribution is 2.35. The van der Waals surface area contributed by atoms with Crippen molar-refractivity contribution in [1.82, 2.24) is 10.6 Å². The molecule has 3 unspecified atom stereocenters. The maximum Gasteiger partial charge on any atom is 0.407 e. The smallest absolute Gasteiger partial charge is 0.407 e. The Hall–Kier alpha value is -1.72. The third kappa shape index (κ3) is 4.89. The fourth-order valence-electron chi connectivity index (χ4n) is 4.47. The quantitative estimate of drug-likeness (QED) is 0.685. The van der Waals surface area contributed by atoms with Crippen LogP contribution in [0.25, 0.3) is 0 Å². The number of carboxylic acid groups (broad SMARTS) is 1. The zero-order valence-corrected chi connectivity index (χ0v) is 14.8. The van der Waals surface area contributed by atoms with Crippen LogP contribution >= 0.6 is 0 Å². The van der Waals surface area contributed by atoms with Crippen molar-refractivity contribution in [1.29, 1.82) is 0 Å². The predicted molar refractivity (Wildman–Crippen MR) is 94.1 cm³/mol. The lowest BCUT2D eigenvalue weighted by molar-refractivity contribution is -0.139. The van der Waals surface area contributed by atoms with E-state index in [4.69, 9.17) is 4.74 Å². The van der Waals surface area contributed by atoms with E-state index in [9.17, 15) is 14.7 Å². The first-order valence-electron chi connectivity index (χ1n) is 9.74. The second-order valence-corrected chi connectivity index (χ2v) is 7.73. The topological polar surface area (TPSA) is 87.7 Å². The third-order valence-corrected chi connectivity index (χ3v) is 5.93. The number of ether oxygens (including phenoxy) is 1. The zero-order valence-electron chi connectivity index (χ0n) is 14.8. The number of amides is 1. The number of carbonyl (C=O) groups excluding carboxylic acids is 1. The molecule has 0 aromatic heterocycles. The van der Waals surface area contributed by atoms with Gasteiger partial charge in [0.1, 0.15) is 6.04 Å². The number of alkyl carbamates (subject to hydrolysis) is 1.